The molecule has 1 amide bonds. The van der Waals surface area contributed by atoms with Crippen molar-refractivity contribution in [1.29, 1.82) is 0 Å². The minimum atomic E-state index is -0.304. The topological polar surface area (TPSA) is 61.4 Å². The predicted octanol–water partition coefficient (Wildman–Crippen LogP) is 2.42. The molecule has 1 aliphatic heterocycles. The van der Waals surface area contributed by atoms with Crippen molar-refractivity contribution in [2.45, 2.75) is 33.1 Å². The average molecular weight is 262 g/mol. The number of para-hydroxylation sites is 1. The maximum atomic E-state index is 12.5. The fourth-order valence-corrected chi connectivity index (χ4v) is 2.66. The van der Waals surface area contributed by atoms with E-state index in [2.05, 4.69) is 17.6 Å². The molecule has 1 aromatic rings. The van der Waals surface area contributed by atoms with Crippen LogP contribution in [0.2, 0.25) is 0 Å². The van der Waals surface area contributed by atoms with Crippen LogP contribution in [0, 0.1) is 12.3 Å². The Labute approximate surface area is 114 Å². The van der Waals surface area contributed by atoms with Gasteiger partial charge in [-0.15, -0.1) is 0 Å². The predicted molar refractivity (Wildman–Crippen MR) is 76.3 cm³/mol. The molecule has 1 saturated heterocycles. The van der Waals surface area contributed by atoms with Crippen molar-refractivity contribution in [2.24, 2.45) is 5.41 Å². The van der Waals surface area contributed by atoms with Crippen LogP contribution in [-0.4, -0.2) is 24.1 Å². The summed E-state index contributed by atoms with van der Waals surface area (Å²) < 4.78 is 0. The Kier molecular flexibility index (Phi) is 4.10. The number of nitrogens with one attached hydrogen (secondary N) is 2. The summed E-state index contributed by atoms with van der Waals surface area (Å²) >= 11 is 0. The number of anilines is 1. The summed E-state index contributed by atoms with van der Waals surface area (Å²) in [6, 6.07) is 5.40. The number of carbonyl (C=O) groups excluding carboxylic acids is 1. The first-order valence-electron chi connectivity index (χ1n) is 6.90. The second-order valence-electron chi connectivity index (χ2n) is 5.31. The Morgan fingerprint density at radius 3 is 2.74 bits per heavy atom. The summed E-state index contributed by atoms with van der Waals surface area (Å²) in [6.07, 6.45) is 2.52. The highest BCUT2D eigenvalue weighted by Crippen LogP contribution is 2.35. The standard InChI is InChI=1S/C15H22N2O2/c1-3-15(7-9-16-10-8-15)14(19)17-12-6-4-5-11(2)13(12)18/h4-6,16,18H,3,7-10H2,1-2H3,(H,17,19). The van der Waals surface area contributed by atoms with Crippen molar-refractivity contribution >= 4 is 11.6 Å². The molecule has 0 saturated carbocycles. The van der Waals surface area contributed by atoms with Crippen LogP contribution in [0.4, 0.5) is 5.69 Å². The van der Waals surface area contributed by atoms with E-state index in [0.29, 0.717) is 5.69 Å². The smallest absolute Gasteiger partial charge is 0.230 e. The number of aryl methyl sites for hydroxylation is 1. The van der Waals surface area contributed by atoms with Gasteiger partial charge in [0, 0.05) is 0 Å². The van der Waals surface area contributed by atoms with Crippen molar-refractivity contribution < 1.29 is 9.90 Å². The molecular formula is C15H22N2O2. The van der Waals surface area contributed by atoms with Gasteiger partial charge < -0.3 is 15.7 Å². The summed E-state index contributed by atoms with van der Waals surface area (Å²) in [6.45, 7) is 5.63. The van der Waals surface area contributed by atoms with Crippen LogP contribution in [0.15, 0.2) is 18.2 Å². The van der Waals surface area contributed by atoms with Crippen molar-refractivity contribution in [3.05, 3.63) is 23.8 Å². The minimum Gasteiger partial charge on any atom is -0.505 e. The van der Waals surface area contributed by atoms with Gasteiger partial charge in [-0.1, -0.05) is 19.1 Å². The summed E-state index contributed by atoms with van der Waals surface area (Å²) in [4.78, 5) is 12.5. The van der Waals surface area contributed by atoms with Gasteiger partial charge in [-0.3, -0.25) is 4.79 Å². The number of benzene rings is 1. The average Bonchev–Trinajstić information content (AvgIpc) is 2.44. The molecule has 1 aromatic carbocycles. The van der Waals surface area contributed by atoms with E-state index in [4.69, 9.17) is 0 Å². The highest BCUT2D eigenvalue weighted by atomic mass is 16.3. The molecule has 0 bridgehead atoms. The van der Waals surface area contributed by atoms with Gasteiger partial charge in [0.1, 0.15) is 5.75 Å². The van der Waals surface area contributed by atoms with Gasteiger partial charge >= 0.3 is 0 Å². The molecule has 104 valence electrons. The lowest BCUT2D eigenvalue weighted by Crippen LogP contribution is -2.44. The molecule has 3 N–H and O–H groups in total. The lowest BCUT2D eigenvalue weighted by atomic mass is 9.76. The fourth-order valence-electron chi connectivity index (χ4n) is 2.66. The van der Waals surface area contributed by atoms with Crippen LogP contribution < -0.4 is 10.6 Å². The number of hydrogen-bond acceptors (Lipinski definition) is 3. The van der Waals surface area contributed by atoms with Crippen LogP contribution in [-0.2, 0) is 4.79 Å². The van der Waals surface area contributed by atoms with E-state index in [1.807, 2.05) is 19.1 Å². The molecule has 4 heteroatoms. The van der Waals surface area contributed by atoms with Crippen LogP contribution in [0.3, 0.4) is 0 Å². The molecule has 19 heavy (non-hydrogen) atoms. The lowest BCUT2D eigenvalue weighted by molar-refractivity contribution is -0.127. The Bertz CT molecular complexity index is 465. The molecular weight excluding hydrogens is 240 g/mol. The van der Waals surface area contributed by atoms with Gasteiger partial charge in [0.05, 0.1) is 11.1 Å². The van der Waals surface area contributed by atoms with Gasteiger partial charge in [0.25, 0.3) is 0 Å². The number of phenols is 1. The van der Waals surface area contributed by atoms with Crippen molar-refractivity contribution in [2.75, 3.05) is 18.4 Å². The first-order chi connectivity index (χ1) is 9.09. The third kappa shape index (κ3) is 2.73. The SMILES string of the molecule is CCC1(C(=O)Nc2cccc(C)c2O)CCNCC1. The molecule has 1 fully saturated rings. The van der Waals surface area contributed by atoms with Gasteiger partial charge in [0.15, 0.2) is 0 Å². The summed E-state index contributed by atoms with van der Waals surface area (Å²) in [5, 5.41) is 16.2. The van der Waals surface area contributed by atoms with Crippen LogP contribution in [0.5, 0.6) is 5.75 Å². The van der Waals surface area contributed by atoms with E-state index in [-0.39, 0.29) is 17.1 Å². The normalized spacial score (nSPS) is 18.0. The van der Waals surface area contributed by atoms with Crippen LogP contribution >= 0.6 is 0 Å². The monoisotopic (exact) mass is 262 g/mol. The van der Waals surface area contributed by atoms with E-state index in [1.165, 1.54) is 0 Å². The van der Waals surface area contributed by atoms with Gasteiger partial charge in [-0.05, 0) is 50.9 Å². The summed E-state index contributed by atoms with van der Waals surface area (Å²) in [5.74, 6) is 0.188. The second-order valence-corrected chi connectivity index (χ2v) is 5.31. The summed E-state index contributed by atoms with van der Waals surface area (Å²) in [7, 11) is 0. The first-order valence-corrected chi connectivity index (χ1v) is 6.90. The van der Waals surface area contributed by atoms with E-state index in [9.17, 15) is 9.90 Å². The number of rotatable bonds is 3. The molecule has 0 unspecified atom stereocenters. The van der Waals surface area contributed by atoms with Gasteiger partial charge in [-0.25, -0.2) is 0 Å². The Morgan fingerprint density at radius 1 is 1.42 bits per heavy atom. The van der Waals surface area contributed by atoms with E-state index in [0.717, 1.165) is 37.9 Å². The van der Waals surface area contributed by atoms with Gasteiger partial charge in [0.2, 0.25) is 5.91 Å². The molecule has 0 radical (unpaired) electrons. The maximum Gasteiger partial charge on any atom is 0.230 e. The molecule has 0 aromatic heterocycles. The van der Waals surface area contributed by atoms with Crippen molar-refractivity contribution in [3.8, 4) is 5.75 Å². The number of hydrogen-bond donors (Lipinski definition) is 3. The largest absolute Gasteiger partial charge is 0.505 e. The zero-order valence-electron chi connectivity index (χ0n) is 11.6. The number of aromatic hydroxyl groups is 1. The molecule has 1 heterocycles. The van der Waals surface area contributed by atoms with Crippen LogP contribution in [0.25, 0.3) is 0 Å². The molecule has 0 atom stereocenters. The molecule has 0 aliphatic carbocycles. The number of piperidine rings is 1. The highest BCUT2D eigenvalue weighted by Gasteiger charge is 2.37. The highest BCUT2D eigenvalue weighted by molar-refractivity contribution is 5.96. The van der Waals surface area contributed by atoms with E-state index >= 15 is 0 Å². The Hall–Kier alpha value is -1.55. The Balaban J connectivity index is 2.17. The second kappa shape index (κ2) is 5.61. The molecule has 4 nitrogen and oxygen atoms in total. The van der Waals surface area contributed by atoms with Crippen LogP contribution in [0.1, 0.15) is 31.7 Å². The number of phenolic OH excluding ortho intramolecular Hbond substituents is 1. The van der Waals surface area contributed by atoms with E-state index < -0.39 is 0 Å². The number of carbonyl (C=O) groups is 1. The first kappa shape index (κ1) is 13.9. The van der Waals surface area contributed by atoms with Crippen molar-refractivity contribution in [3.63, 3.8) is 0 Å². The lowest BCUT2D eigenvalue weighted by Gasteiger charge is -2.35. The quantitative estimate of drug-likeness (QED) is 0.733. The maximum absolute atomic E-state index is 12.5. The van der Waals surface area contributed by atoms with Gasteiger partial charge in [-0.2, -0.15) is 0 Å². The molecule has 2 rings (SSSR count). The van der Waals surface area contributed by atoms with Crippen molar-refractivity contribution in [1.82, 2.24) is 5.32 Å². The fraction of sp³-hybridized carbons (Fsp3) is 0.533. The minimum absolute atomic E-state index is 0.0254. The third-order valence-electron chi connectivity index (χ3n) is 4.21. The Morgan fingerprint density at radius 2 is 2.11 bits per heavy atom. The molecule has 0 spiro atoms. The zero-order chi connectivity index (χ0) is 13.9. The van der Waals surface area contributed by atoms with E-state index in [1.54, 1.807) is 6.07 Å². The molecule has 1 aliphatic rings. The number of amides is 1. The zero-order valence-corrected chi connectivity index (χ0v) is 11.6. The summed E-state index contributed by atoms with van der Waals surface area (Å²) in [5.41, 5.74) is 0.978. The third-order valence-corrected chi connectivity index (χ3v) is 4.21.